The number of nitrogens with zero attached hydrogens (tertiary/aromatic N) is 1. The molecular weight excluding hydrogens is 272 g/mol. The van der Waals surface area contributed by atoms with E-state index in [1.54, 1.807) is 0 Å². The number of nitrogen functional groups attached to an aromatic ring is 1. The van der Waals surface area contributed by atoms with Crippen molar-refractivity contribution >= 4 is 34.3 Å². The fourth-order valence-electron chi connectivity index (χ4n) is 2.79. The van der Waals surface area contributed by atoms with Gasteiger partial charge in [-0.05, 0) is 25.3 Å². The number of nitrogens with two attached hydrogens (primary N) is 1. The summed E-state index contributed by atoms with van der Waals surface area (Å²) in [4.78, 5) is 15.5. The summed E-state index contributed by atoms with van der Waals surface area (Å²) < 4.78 is 0. The number of fused-ring (bicyclic) bond motifs is 2. The van der Waals surface area contributed by atoms with Crippen LogP contribution in [0.3, 0.4) is 0 Å². The number of benzene rings is 1. The van der Waals surface area contributed by atoms with Crippen LogP contribution in [-0.4, -0.2) is 21.8 Å². The molecule has 1 unspecified atom stereocenters. The average Bonchev–Trinajstić information content (AvgIpc) is 2.45. The number of hydrogen-bond acceptors (Lipinski definition) is 4. The van der Waals surface area contributed by atoms with Crippen LogP contribution in [0.25, 0.3) is 10.9 Å². The smallest absolute Gasteiger partial charge is 0.313 e. The lowest BCUT2D eigenvalue weighted by Crippen LogP contribution is -2.14. The Balaban J connectivity index is 2.07. The van der Waals surface area contributed by atoms with Crippen molar-refractivity contribution in [2.45, 2.75) is 24.5 Å². The zero-order valence-corrected chi connectivity index (χ0v) is 11.8. The summed E-state index contributed by atoms with van der Waals surface area (Å²) in [6.07, 6.45) is 2.93. The first-order chi connectivity index (χ1) is 9.66. The number of carbonyl (C=O) groups is 1. The highest BCUT2D eigenvalue weighted by molar-refractivity contribution is 8.00. The van der Waals surface area contributed by atoms with E-state index in [0.29, 0.717) is 0 Å². The van der Waals surface area contributed by atoms with Crippen molar-refractivity contribution in [3.8, 4) is 0 Å². The first-order valence-electron chi connectivity index (χ1n) is 6.67. The van der Waals surface area contributed by atoms with Crippen molar-refractivity contribution in [3.63, 3.8) is 0 Å². The van der Waals surface area contributed by atoms with Gasteiger partial charge in [-0.25, -0.2) is 0 Å². The maximum absolute atomic E-state index is 10.8. The molecule has 0 bridgehead atoms. The summed E-state index contributed by atoms with van der Waals surface area (Å²) in [5.41, 5.74) is 10.1. The maximum Gasteiger partial charge on any atom is 0.313 e. The molecule has 0 saturated carbocycles. The van der Waals surface area contributed by atoms with Crippen LogP contribution in [0.2, 0.25) is 0 Å². The fourth-order valence-corrected chi connectivity index (χ4v) is 3.90. The minimum atomic E-state index is -0.783. The van der Waals surface area contributed by atoms with Gasteiger partial charge in [0.2, 0.25) is 0 Å². The standard InChI is InChI=1S/C15H16N2O2S/c16-15-9-4-1-2-5-10(9)17-11-6-3-7-12(14(11)15)20-8-13(18)19/h1-2,4-5,12H,3,6-8H2,(H2,16,17)(H,18,19). The van der Waals surface area contributed by atoms with Gasteiger partial charge in [-0.3, -0.25) is 9.78 Å². The number of carboxylic acids is 1. The van der Waals surface area contributed by atoms with Gasteiger partial charge in [0.1, 0.15) is 0 Å². The SMILES string of the molecule is Nc1c2c(nc3ccccc13)CCCC2SCC(=O)O. The van der Waals surface area contributed by atoms with Crippen molar-refractivity contribution in [2.24, 2.45) is 0 Å². The van der Waals surface area contributed by atoms with E-state index in [2.05, 4.69) is 0 Å². The molecule has 0 aliphatic heterocycles. The monoisotopic (exact) mass is 288 g/mol. The van der Waals surface area contributed by atoms with Gasteiger partial charge in [0.05, 0.1) is 11.3 Å². The predicted molar refractivity (Wildman–Crippen MR) is 81.9 cm³/mol. The van der Waals surface area contributed by atoms with Crippen LogP contribution < -0.4 is 5.73 Å². The molecule has 2 aromatic rings. The highest BCUT2D eigenvalue weighted by atomic mass is 32.2. The Labute approximate surface area is 121 Å². The minimum Gasteiger partial charge on any atom is -0.481 e. The largest absolute Gasteiger partial charge is 0.481 e. The van der Waals surface area contributed by atoms with Crippen molar-refractivity contribution in [1.29, 1.82) is 0 Å². The molecule has 3 N–H and O–H groups in total. The molecule has 0 spiro atoms. The van der Waals surface area contributed by atoms with Gasteiger partial charge in [0.15, 0.2) is 0 Å². The first kappa shape index (κ1) is 13.2. The van der Waals surface area contributed by atoms with E-state index < -0.39 is 5.97 Å². The third-order valence-electron chi connectivity index (χ3n) is 3.66. The third kappa shape index (κ3) is 2.33. The lowest BCUT2D eigenvalue weighted by Gasteiger charge is -2.26. The van der Waals surface area contributed by atoms with Crippen molar-refractivity contribution < 1.29 is 9.90 Å². The fraction of sp³-hybridized carbons (Fsp3) is 0.333. The van der Waals surface area contributed by atoms with Gasteiger partial charge in [-0.2, -0.15) is 0 Å². The van der Waals surface area contributed by atoms with E-state index in [1.807, 2.05) is 24.3 Å². The van der Waals surface area contributed by atoms with Crippen LogP contribution in [0.4, 0.5) is 5.69 Å². The number of thioether (sulfide) groups is 1. The van der Waals surface area contributed by atoms with Crippen LogP contribution in [0.1, 0.15) is 29.3 Å². The number of hydrogen-bond donors (Lipinski definition) is 2. The average molecular weight is 288 g/mol. The number of anilines is 1. The van der Waals surface area contributed by atoms with E-state index >= 15 is 0 Å². The highest BCUT2D eigenvalue weighted by Crippen LogP contribution is 2.43. The third-order valence-corrected chi connectivity index (χ3v) is 4.95. The molecule has 1 atom stereocenters. The Hall–Kier alpha value is -1.75. The van der Waals surface area contributed by atoms with Crippen LogP contribution >= 0.6 is 11.8 Å². The number of aryl methyl sites for hydroxylation is 1. The molecule has 0 saturated heterocycles. The number of carboxylic acid groups (broad SMARTS) is 1. The van der Waals surface area contributed by atoms with E-state index in [1.165, 1.54) is 11.8 Å². The second kappa shape index (κ2) is 5.32. The van der Waals surface area contributed by atoms with Gasteiger partial charge in [-0.1, -0.05) is 18.2 Å². The zero-order valence-electron chi connectivity index (χ0n) is 11.0. The molecule has 1 aromatic carbocycles. The molecule has 0 radical (unpaired) electrons. The number of rotatable bonds is 3. The van der Waals surface area contributed by atoms with Crippen LogP contribution in [-0.2, 0) is 11.2 Å². The summed E-state index contributed by atoms with van der Waals surface area (Å²) in [6, 6.07) is 7.86. The molecule has 0 amide bonds. The Bertz CT molecular complexity index is 672. The van der Waals surface area contributed by atoms with Crippen molar-refractivity contribution in [1.82, 2.24) is 4.98 Å². The molecule has 3 rings (SSSR count). The Morgan fingerprint density at radius 3 is 3.05 bits per heavy atom. The van der Waals surface area contributed by atoms with Gasteiger partial charge < -0.3 is 10.8 Å². The second-order valence-electron chi connectivity index (χ2n) is 4.99. The van der Waals surface area contributed by atoms with Crippen molar-refractivity contribution in [3.05, 3.63) is 35.5 Å². The van der Waals surface area contributed by atoms with E-state index in [9.17, 15) is 4.79 Å². The van der Waals surface area contributed by atoms with Gasteiger partial charge in [0.25, 0.3) is 0 Å². The molecule has 104 valence electrons. The van der Waals surface area contributed by atoms with Crippen LogP contribution in [0.5, 0.6) is 0 Å². The Morgan fingerprint density at radius 2 is 2.25 bits per heavy atom. The Kier molecular flexibility index (Phi) is 3.53. The zero-order chi connectivity index (χ0) is 14.1. The van der Waals surface area contributed by atoms with E-state index in [-0.39, 0.29) is 11.0 Å². The van der Waals surface area contributed by atoms with Gasteiger partial charge >= 0.3 is 5.97 Å². The van der Waals surface area contributed by atoms with Gasteiger partial charge in [0, 0.05) is 27.6 Å². The van der Waals surface area contributed by atoms with Crippen molar-refractivity contribution in [2.75, 3.05) is 11.5 Å². The molecule has 1 heterocycles. The number of para-hydroxylation sites is 1. The number of pyridine rings is 1. The number of aliphatic carboxylic acids is 1. The van der Waals surface area contributed by atoms with Crippen LogP contribution in [0.15, 0.2) is 24.3 Å². The molecule has 1 aromatic heterocycles. The van der Waals surface area contributed by atoms with Gasteiger partial charge in [-0.15, -0.1) is 11.8 Å². The molecular formula is C15H16N2O2S. The quantitative estimate of drug-likeness (QED) is 0.908. The summed E-state index contributed by atoms with van der Waals surface area (Å²) in [5.74, 6) is -0.675. The summed E-state index contributed by atoms with van der Waals surface area (Å²) in [7, 11) is 0. The molecule has 5 heteroatoms. The highest BCUT2D eigenvalue weighted by Gasteiger charge is 2.26. The molecule has 20 heavy (non-hydrogen) atoms. The molecule has 0 fully saturated rings. The summed E-state index contributed by atoms with van der Waals surface area (Å²) >= 11 is 1.45. The Morgan fingerprint density at radius 1 is 1.45 bits per heavy atom. The lowest BCUT2D eigenvalue weighted by molar-refractivity contribution is -0.133. The minimum absolute atomic E-state index is 0.108. The molecule has 1 aliphatic rings. The number of aromatic nitrogens is 1. The summed E-state index contributed by atoms with van der Waals surface area (Å²) in [5, 5.41) is 9.98. The topological polar surface area (TPSA) is 76.2 Å². The second-order valence-corrected chi connectivity index (χ2v) is 6.18. The van der Waals surface area contributed by atoms with Crippen LogP contribution in [0, 0.1) is 0 Å². The normalized spacial score (nSPS) is 17.9. The maximum atomic E-state index is 10.8. The first-order valence-corrected chi connectivity index (χ1v) is 7.72. The lowest BCUT2D eigenvalue weighted by atomic mass is 9.92. The molecule has 4 nitrogen and oxygen atoms in total. The van der Waals surface area contributed by atoms with E-state index in [4.69, 9.17) is 15.8 Å². The molecule has 1 aliphatic carbocycles. The predicted octanol–water partition coefficient (Wildman–Crippen LogP) is 3.01. The summed E-state index contributed by atoms with van der Waals surface area (Å²) in [6.45, 7) is 0. The van der Waals surface area contributed by atoms with E-state index in [0.717, 1.165) is 47.1 Å².